The van der Waals surface area contributed by atoms with Crippen molar-refractivity contribution in [2.75, 3.05) is 32.3 Å². The van der Waals surface area contributed by atoms with E-state index in [1.807, 2.05) is 26.0 Å². The molecule has 0 N–H and O–H groups in total. The second-order valence-electron chi connectivity index (χ2n) is 8.67. The lowest BCUT2D eigenvalue weighted by molar-refractivity contribution is 0.200. The molecule has 0 saturated heterocycles. The summed E-state index contributed by atoms with van der Waals surface area (Å²) in [4.78, 5) is 22.4. The fourth-order valence-corrected chi connectivity index (χ4v) is 4.14. The van der Waals surface area contributed by atoms with Gasteiger partial charge in [0.15, 0.2) is 11.5 Å². The summed E-state index contributed by atoms with van der Waals surface area (Å²) in [5.41, 5.74) is 6.14. The molecule has 33 heavy (non-hydrogen) atoms. The fourth-order valence-electron chi connectivity index (χ4n) is 4.14. The number of nitrogens with zero attached hydrogens (tertiary/aromatic N) is 4. The Hall–Kier alpha value is -3.32. The predicted molar refractivity (Wildman–Crippen MR) is 131 cm³/mol. The van der Waals surface area contributed by atoms with Crippen molar-refractivity contribution < 1.29 is 9.47 Å². The van der Waals surface area contributed by atoms with Gasteiger partial charge < -0.3 is 9.47 Å². The van der Waals surface area contributed by atoms with Gasteiger partial charge in [-0.3, -0.25) is 19.2 Å². The number of benzene rings is 2. The molecule has 1 aliphatic heterocycles. The Balaban J connectivity index is 1.65. The molecule has 0 bridgehead atoms. The molecule has 0 atom stereocenters. The normalized spacial score (nSPS) is 13.7. The third kappa shape index (κ3) is 4.46. The Kier molecular flexibility index (Phi) is 6.42. The van der Waals surface area contributed by atoms with E-state index < -0.39 is 0 Å². The number of hydrogen-bond acceptors (Lipinski definition) is 6. The molecule has 0 amide bonds. The Morgan fingerprint density at radius 3 is 2.36 bits per heavy atom. The van der Waals surface area contributed by atoms with Crippen LogP contribution in [0.2, 0.25) is 0 Å². The quantitative estimate of drug-likeness (QED) is 0.566. The summed E-state index contributed by atoms with van der Waals surface area (Å²) >= 11 is 0. The summed E-state index contributed by atoms with van der Waals surface area (Å²) in [6.07, 6.45) is 0.823. The molecule has 1 aliphatic rings. The Morgan fingerprint density at radius 2 is 1.67 bits per heavy atom. The van der Waals surface area contributed by atoms with Crippen molar-refractivity contribution in [2.45, 2.75) is 40.8 Å². The van der Waals surface area contributed by atoms with Crippen molar-refractivity contribution >= 4 is 11.6 Å². The molecule has 0 fully saturated rings. The van der Waals surface area contributed by atoms with Gasteiger partial charge in [-0.1, -0.05) is 12.1 Å². The van der Waals surface area contributed by atoms with Crippen LogP contribution in [0.5, 0.6) is 11.5 Å². The first kappa shape index (κ1) is 22.9. The van der Waals surface area contributed by atoms with E-state index in [9.17, 15) is 4.79 Å². The molecular formula is C26H32N4O3. The molecule has 2 heterocycles. The van der Waals surface area contributed by atoms with Crippen molar-refractivity contribution in [2.24, 2.45) is 0 Å². The van der Waals surface area contributed by atoms with E-state index in [2.05, 4.69) is 47.9 Å². The standard InChI is InChI=1S/C26H32N4O3/c1-17-7-9-22(13-18(17)2)29-15-28(16-30-25(31)19(3)20(4)27-26(29)30)12-11-21-8-10-23(32-5)24(14-21)33-6/h7-10,13-14H,11-12,15-16H2,1-6H3. The maximum Gasteiger partial charge on any atom is 0.259 e. The summed E-state index contributed by atoms with van der Waals surface area (Å²) in [6, 6.07) is 12.4. The Morgan fingerprint density at radius 1 is 0.909 bits per heavy atom. The van der Waals surface area contributed by atoms with Gasteiger partial charge in [-0.2, -0.15) is 0 Å². The monoisotopic (exact) mass is 448 g/mol. The molecule has 174 valence electrons. The van der Waals surface area contributed by atoms with E-state index in [0.29, 0.717) is 24.8 Å². The van der Waals surface area contributed by atoms with E-state index in [0.717, 1.165) is 41.4 Å². The van der Waals surface area contributed by atoms with E-state index in [-0.39, 0.29) is 5.56 Å². The van der Waals surface area contributed by atoms with Gasteiger partial charge in [-0.05, 0) is 75.1 Å². The van der Waals surface area contributed by atoms with E-state index in [1.54, 1.807) is 18.8 Å². The second kappa shape index (κ2) is 9.27. The first-order chi connectivity index (χ1) is 15.8. The van der Waals surface area contributed by atoms with Crippen molar-refractivity contribution in [3.8, 4) is 11.5 Å². The third-order valence-corrected chi connectivity index (χ3v) is 6.51. The average Bonchev–Trinajstić information content (AvgIpc) is 2.82. The molecule has 1 aromatic heterocycles. The third-order valence-electron chi connectivity index (χ3n) is 6.51. The zero-order valence-electron chi connectivity index (χ0n) is 20.3. The average molecular weight is 449 g/mol. The number of rotatable bonds is 6. The first-order valence-electron chi connectivity index (χ1n) is 11.2. The molecule has 7 heteroatoms. The zero-order valence-corrected chi connectivity index (χ0v) is 20.3. The highest BCUT2D eigenvalue weighted by Crippen LogP contribution is 2.30. The van der Waals surface area contributed by atoms with Gasteiger partial charge in [-0.15, -0.1) is 0 Å². The number of aromatic nitrogens is 2. The maximum absolute atomic E-state index is 13.1. The number of fused-ring (bicyclic) bond motifs is 1. The van der Waals surface area contributed by atoms with Crippen LogP contribution >= 0.6 is 0 Å². The molecule has 7 nitrogen and oxygen atoms in total. The summed E-state index contributed by atoms with van der Waals surface area (Å²) < 4.78 is 12.6. The molecule has 0 radical (unpaired) electrons. The van der Waals surface area contributed by atoms with Gasteiger partial charge in [0.1, 0.15) is 0 Å². The van der Waals surface area contributed by atoms with E-state index in [4.69, 9.17) is 14.5 Å². The molecule has 3 aromatic rings. The van der Waals surface area contributed by atoms with Crippen LogP contribution in [0.4, 0.5) is 11.6 Å². The lowest BCUT2D eigenvalue weighted by Crippen LogP contribution is -2.48. The molecule has 0 aliphatic carbocycles. The van der Waals surface area contributed by atoms with E-state index in [1.165, 1.54) is 11.1 Å². The maximum atomic E-state index is 13.1. The Labute approximate surface area is 195 Å². The predicted octanol–water partition coefficient (Wildman–Crippen LogP) is 4.11. The summed E-state index contributed by atoms with van der Waals surface area (Å²) in [5.74, 6) is 2.15. The van der Waals surface area contributed by atoms with Crippen LogP contribution in [0.1, 0.15) is 27.9 Å². The SMILES string of the molecule is COc1ccc(CCN2CN(c3ccc(C)c(C)c3)c3nc(C)c(C)c(=O)n3C2)cc1OC. The van der Waals surface area contributed by atoms with Crippen LogP contribution < -0.4 is 19.9 Å². The second-order valence-corrected chi connectivity index (χ2v) is 8.67. The number of hydrogen-bond donors (Lipinski definition) is 0. The molecular weight excluding hydrogens is 416 g/mol. The molecule has 0 saturated carbocycles. The molecule has 4 rings (SSSR count). The highest BCUT2D eigenvalue weighted by Gasteiger charge is 2.27. The van der Waals surface area contributed by atoms with Crippen LogP contribution in [-0.2, 0) is 13.1 Å². The Bertz CT molecular complexity index is 1230. The molecule has 0 spiro atoms. The highest BCUT2D eigenvalue weighted by atomic mass is 16.5. The lowest BCUT2D eigenvalue weighted by atomic mass is 10.1. The minimum absolute atomic E-state index is 0.0159. The van der Waals surface area contributed by atoms with Crippen LogP contribution in [0.15, 0.2) is 41.2 Å². The van der Waals surface area contributed by atoms with E-state index >= 15 is 0 Å². The number of methoxy groups -OCH3 is 2. The van der Waals surface area contributed by atoms with Crippen LogP contribution in [-0.4, -0.2) is 41.9 Å². The largest absolute Gasteiger partial charge is 0.493 e. The minimum atomic E-state index is 0.0159. The lowest BCUT2D eigenvalue weighted by Gasteiger charge is -2.38. The van der Waals surface area contributed by atoms with Crippen molar-refractivity contribution in [1.82, 2.24) is 14.5 Å². The van der Waals surface area contributed by atoms with Crippen LogP contribution in [0.25, 0.3) is 0 Å². The van der Waals surface area contributed by atoms with Gasteiger partial charge in [0.05, 0.1) is 27.6 Å². The van der Waals surface area contributed by atoms with Gasteiger partial charge >= 0.3 is 0 Å². The molecule has 2 aromatic carbocycles. The van der Waals surface area contributed by atoms with Gasteiger partial charge in [0.2, 0.25) is 5.95 Å². The van der Waals surface area contributed by atoms with Crippen LogP contribution in [0.3, 0.4) is 0 Å². The van der Waals surface area contributed by atoms with Crippen molar-refractivity contribution in [1.29, 1.82) is 0 Å². The topological polar surface area (TPSA) is 59.8 Å². The summed E-state index contributed by atoms with van der Waals surface area (Å²) in [5, 5.41) is 0. The minimum Gasteiger partial charge on any atom is -0.493 e. The van der Waals surface area contributed by atoms with Gasteiger partial charge in [0, 0.05) is 23.5 Å². The number of anilines is 2. The van der Waals surface area contributed by atoms with Crippen molar-refractivity contribution in [3.63, 3.8) is 0 Å². The first-order valence-corrected chi connectivity index (χ1v) is 11.2. The van der Waals surface area contributed by atoms with Gasteiger partial charge in [-0.25, -0.2) is 4.98 Å². The van der Waals surface area contributed by atoms with Crippen LogP contribution in [0, 0.1) is 27.7 Å². The fraction of sp³-hybridized carbons (Fsp3) is 0.385. The summed E-state index contributed by atoms with van der Waals surface area (Å²) in [7, 11) is 3.29. The molecule has 0 unspecified atom stereocenters. The number of aryl methyl sites for hydroxylation is 3. The van der Waals surface area contributed by atoms with Gasteiger partial charge in [0.25, 0.3) is 5.56 Å². The summed E-state index contributed by atoms with van der Waals surface area (Å²) in [6.45, 7) is 9.92. The smallest absolute Gasteiger partial charge is 0.259 e. The highest BCUT2D eigenvalue weighted by molar-refractivity contribution is 5.60. The number of ether oxygens (including phenoxy) is 2. The zero-order chi connectivity index (χ0) is 23.7. The van der Waals surface area contributed by atoms with Crippen molar-refractivity contribution in [3.05, 3.63) is 74.7 Å².